The van der Waals surface area contributed by atoms with E-state index in [4.69, 9.17) is 0 Å². The number of sulfonamides is 1. The van der Waals surface area contributed by atoms with Crippen LogP contribution >= 0.6 is 23.5 Å². The number of aryl methyl sites for hydroxylation is 1. The number of carbonyl (C=O) groups is 1. The van der Waals surface area contributed by atoms with E-state index in [2.05, 4.69) is 10.6 Å². The summed E-state index contributed by atoms with van der Waals surface area (Å²) in [6.45, 7) is 0. The number of halogens is 4. The first kappa shape index (κ1) is 28.5. The molecule has 0 aromatic heterocycles. The first-order chi connectivity index (χ1) is 17.3. The number of hydrogen-bond acceptors (Lipinski definition) is 6. The van der Waals surface area contributed by atoms with Crippen molar-refractivity contribution >= 4 is 56.6 Å². The normalized spacial score (nSPS) is 11.7. The third-order valence-corrected chi connectivity index (χ3v) is 6.90. The summed E-state index contributed by atoms with van der Waals surface area (Å²) in [5, 5.41) is 14.5. The molecule has 4 N–H and O–H groups in total. The van der Waals surface area contributed by atoms with Crippen LogP contribution in [0.3, 0.4) is 0 Å². The molecule has 0 saturated carbocycles. The van der Waals surface area contributed by atoms with Gasteiger partial charge in [-0.05, 0) is 66.2 Å². The van der Waals surface area contributed by atoms with E-state index in [1.54, 1.807) is 36.4 Å². The van der Waals surface area contributed by atoms with Gasteiger partial charge in [-0.15, -0.1) is 11.8 Å². The Hall–Kier alpha value is -3.10. The second kappa shape index (κ2) is 12.0. The number of amides is 2. The zero-order valence-corrected chi connectivity index (χ0v) is 21.5. The molecule has 0 fully saturated rings. The van der Waals surface area contributed by atoms with Crippen molar-refractivity contribution in [2.75, 3.05) is 27.4 Å². The topological polar surface area (TPSA) is 108 Å². The number of thioether (sulfide) groups is 2. The van der Waals surface area contributed by atoms with Gasteiger partial charge in [0.2, 0.25) is 10.0 Å². The SMILES string of the molecule is CS(=O)(=O)Nc1cc(NC(=O)Nc2ccc(CCSc3ccc(SC(F)(F)F)cc3)cc2)c(F)cc1O. The Kier molecular flexibility index (Phi) is 9.21. The number of rotatable bonds is 9. The highest BCUT2D eigenvalue weighted by atomic mass is 32.2. The molecule has 0 radical (unpaired) electrons. The molecule has 7 nitrogen and oxygen atoms in total. The smallest absolute Gasteiger partial charge is 0.446 e. The number of nitrogens with one attached hydrogen (secondary N) is 3. The van der Waals surface area contributed by atoms with Crippen LogP contribution in [-0.2, 0) is 16.4 Å². The van der Waals surface area contributed by atoms with E-state index < -0.39 is 33.1 Å². The molecular formula is C23H21F4N3O4S3. The summed E-state index contributed by atoms with van der Waals surface area (Å²) < 4.78 is 76.1. The van der Waals surface area contributed by atoms with Crippen molar-refractivity contribution in [1.29, 1.82) is 0 Å². The zero-order valence-electron chi connectivity index (χ0n) is 19.1. The van der Waals surface area contributed by atoms with Crippen molar-refractivity contribution in [2.24, 2.45) is 0 Å². The summed E-state index contributed by atoms with van der Waals surface area (Å²) >= 11 is 1.34. The van der Waals surface area contributed by atoms with Gasteiger partial charge in [0.05, 0.1) is 17.6 Å². The Morgan fingerprint density at radius 1 is 0.946 bits per heavy atom. The summed E-state index contributed by atoms with van der Waals surface area (Å²) in [5.74, 6) is -0.920. The lowest BCUT2D eigenvalue weighted by Gasteiger charge is -2.12. The van der Waals surface area contributed by atoms with Crippen LogP contribution in [0, 0.1) is 5.82 Å². The van der Waals surface area contributed by atoms with Gasteiger partial charge in [0.25, 0.3) is 0 Å². The van der Waals surface area contributed by atoms with Gasteiger partial charge < -0.3 is 15.7 Å². The quantitative estimate of drug-likeness (QED) is 0.101. The van der Waals surface area contributed by atoms with E-state index in [-0.39, 0.29) is 28.0 Å². The van der Waals surface area contributed by atoms with E-state index >= 15 is 0 Å². The maximum Gasteiger partial charge on any atom is 0.446 e. The van der Waals surface area contributed by atoms with Crippen LogP contribution in [0.15, 0.2) is 70.5 Å². The standard InChI is InChI=1S/C23H21F4N3O4S3/c1-37(33,34)30-20-13-19(18(24)12-21(20)31)29-22(32)28-15-4-2-14(3-5-15)10-11-35-16-6-8-17(9-7-16)36-23(25,26)27/h2-9,12-13,30-31H,10-11H2,1H3,(H2,28,29,32). The molecule has 198 valence electrons. The van der Waals surface area contributed by atoms with Crippen LogP contribution in [0.1, 0.15) is 5.56 Å². The number of alkyl halides is 3. The summed E-state index contributed by atoms with van der Waals surface area (Å²) in [4.78, 5) is 13.2. The lowest BCUT2D eigenvalue weighted by Crippen LogP contribution is -2.20. The lowest BCUT2D eigenvalue weighted by atomic mass is 10.1. The first-order valence-corrected chi connectivity index (χ1v) is 14.1. The Labute approximate surface area is 219 Å². The number of anilines is 3. The van der Waals surface area contributed by atoms with Crippen LogP contribution in [0.4, 0.5) is 39.4 Å². The number of aromatic hydroxyl groups is 1. The molecular weight excluding hydrogens is 554 g/mol. The van der Waals surface area contributed by atoms with Crippen molar-refractivity contribution in [2.45, 2.75) is 21.7 Å². The fraction of sp³-hybridized carbons (Fsp3) is 0.174. The fourth-order valence-electron chi connectivity index (χ4n) is 3.00. The first-order valence-electron chi connectivity index (χ1n) is 10.4. The van der Waals surface area contributed by atoms with E-state index in [1.165, 1.54) is 23.9 Å². The van der Waals surface area contributed by atoms with Crippen LogP contribution < -0.4 is 15.4 Å². The van der Waals surface area contributed by atoms with Gasteiger partial charge in [0.1, 0.15) is 5.75 Å². The summed E-state index contributed by atoms with van der Waals surface area (Å²) in [5.41, 5.74) is -3.58. The minimum atomic E-state index is -4.32. The third kappa shape index (κ3) is 9.70. The van der Waals surface area contributed by atoms with Gasteiger partial charge in [-0.2, -0.15) is 13.2 Å². The molecule has 0 saturated heterocycles. The Bertz CT molecular complexity index is 1350. The van der Waals surface area contributed by atoms with Crippen molar-refractivity contribution < 1.29 is 35.9 Å². The summed E-state index contributed by atoms with van der Waals surface area (Å²) in [7, 11) is -3.74. The summed E-state index contributed by atoms with van der Waals surface area (Å²) in [6.07, 6.45) is 1.53. The monoisotopic (exact) mass is 575 g/mol. The van der Waals surface area contributed by atoms with Gasteiger partial charge in [-0.25, -0.2) is 17.6 Å². The van der Waals surface area contributed by atoms with E-state index in [0.29, 0.717) is 23.9 Å². The van der Waals surface area contributed by atoms with Crippen LogP contribution in [-0.4, -0.2) is 37.1 Å². The molecule has 0 aliphatic rings. The van der Waals surface area contributed by atoms with Gasteiger partial charge in [0, 0.05) is 27.3 Å². The largest absolute Gasteiger partial charge is 0.506 e. The Balaban J connectivity index is 1.51. The molecule has 0 aliphatic heterocycles. The molecule has 14 heteroatoms. The molecule has 0 bridgehead atoms. The van der Waals surface area contributed by atoms with E-state index in [1.807, 2.05) is 4.72 Å². The number of phenolic OH excluding ortho intramolecular Hbond substituents is 1. The zero-order chi connectivity index (χ0) is 27.2. The average molecular weight is 576 g/mol. The highest BCUT2D eigenvalue weighted by molar-refractivity contribution is 8.00. The third-order valence-electron chi connectivity index (χ3n) is 4.56. The maximum absolute atomic E-state index is 14.1. The van der Waals surface area contributed by atoms with Crippen molar-refractivity contribution in [1.82, 2.24) is 0 Å². The fourth-order valence-corrected chi connectivity index (χ4v) is 5.01. The molecule has 0 heterocycles. The van der Waals surface area contributed by atoms with Crippen LogP contribution in [0.25, 0.3) is 0 Å². The lowest BCUT2D eigenvalue weighted by molar-refractivity contribution is -0.0328. The number of urea groups is 1. The summed E-state index contributed by atoms with van der Waals surface area (Å²) in [6, 6.07) is 13.8. The predicted molar refractivity (Wildman–Crippen MR) is 138 cm³/mol. The second-order valence-electron chi connectivity index (χ2n) is 7.62. The van der Waals surface area contributed by atoms with Crippen LogP contribution in [0.2, 0.25) is 0 Å². The molecule has 2 amide bonds. The maximum atomic E-state index is 14.1. The van der Waals surface area contributed by atoms with Gasteiger partial charge in [-0.3, -0.25) is 4.72 Å². The Morgan fingerprint density at radius 3 is 2.16 bits per heavy atom. The van der Waals surface area contributed by atoms with Crippen LogP contribution in [0.5, 0.6) is 5.75 Å². The van der Waals surface area contributed by atoms with Crippen molar-refractivity contribution in [3.8, 4) is 5.75 Å². The van der Waals surface area contributed by atoms with Gasteiger partial charge in [-0.1, -0.05) is 12.1 Å². The molecule has 0 atom stereocenters. The molecule has 0 aliphatic carbocycles. The predicted octanol–water partition coefficient (Wildman–Crippen LogP) is 6.49. The number of phenols is 1. The van der Waals surface area contributed by atoms with Gasteiger partial charge in [0.15, 0.2) is 5.82 Å². The highest BCUT2D eigenvalue weighted by Gasteiger charge is 2.29. The van der Waals surface area contributed by atoms with E-state index in [0.717, 1.165) is 22.8 Å². The number of hydrogen-bond donors (Lipinski definition) is 4. The molecule has 0 unspecified atom stereocenters. The Morgan fingerprint density at radius 2 is 1.57 bits per heavy atom. The minimum absolute atomic E-state index is 0.128. The number of carbonyl (C=O) groups excluding carboxylic acids is 1. The molecule has 0 spiro atoms. The van der Waals surface area contributed by atoms with Crippen molar-refractivity contribution in [3.63, 3.8) is 0 Å². The van der Waals surface area contributed by atoms with Crippen molar-refractivity contribution in [3.05, 3.63) is 72.0 Å². The van der Waals surface area contributed by atoms with Gasteiger partial charge >= 0.3 is 11.5 Å². The number of benzene rings is 3. The van der Waals surface area contributed by atoms with E-state index in [9.17, 15) is 35.9 Å². The minimum Gasteiger partial charge on any atom is -0.506 e. The molecule has 3 aromatic rings. The molecule has 3 aromatic carbocycles. The molecule has 3 rings (SSSR count). The molecule has 37 heavy (non-hydrogen) atoms. The average Bonchev–Trinajstić information content (AvgIpc) is 2.77. The highest BCUT2D eigenvalue weighted by Crippen LogP contribution is 2.37. The second-order valence-corrected chi connectivity index (χ2v) is 11.7.